The zero-order chi connectivity index (χ0) is 30.6. The van der Waals surface area contributed by atoms with Crippen LogP contribution in [0.2, 0.25) is 0 Å². The molecule has 0 saturated carbocycles. The molecule has 6 nitrogen and oxygen atoms in total. The van der Waals surface area contributed by atoms with E-state index >= 15 is 0 Å². The number of rotatable bonds is 9. The molecule has 220 valence electrons. The predicted octanol–water partition coefficient (Wildman–Crippen LogP) is 7.54. The Kier molecular flexibility index (Phi) is 9.70. The number of fused-ring (bicyclic) bond motifs is 1. The van der Waals surface area contributed by atoms with Crippen LogP contribution >= 0.6 is 22.6 Å². The van der Waals surface area contributed by atoms with Crippen molar-refractivity contribution >= 4 is 51.1 Å². The molecule has 1 amide bonds. The number of esters is 1. The van der Waals surface area contributed by atoms with Crippen LogP contribution in [0.1, 0.15) is 40.7 Å². The monoisotopic (exact) mass is 695 g/mol. The molecule has 0 fully saturated rings. The van der Waals surface area contributed by atoms with Gasteiger partial charge < -0.3 is 14.5 Å². The molecule has 1 aromatic heterocycles. The van der Waals surface area contributed by atoms with Crippen LogP contribution in [0, 0.1) is 12.7 Å². The maximum Gasteiger partial charge on any atom is 0.418 e. The van der Waals surface area contributed by atoms with Crippen molar-refractivity contribution in [3.05, 3.63) is 98.7 Å². The first-order valence-electron chi connectivity index (χ1n) is 12.9. The summed E-state index contributed by atoms with van der Waals surface area (Å²) < 4.78 is 65.1. The highest BCUT2D eigenvalue weighted by atomic mass is 127. The predicted molar refractivity (Wildman–Crippen MR) is 159 cm³/mol. The molecule has 0 aliphatic heterocycles. The van der Waals surface area contributed by atoms with Gasteiger partial charge in [0.15, 0.2) is 0 Å². The molecular formula is C31H26F4INO5. The fourth-order valence-electron chi connectivity index (χ4n) is 4.71. The maximum atomic E-state index is 13.6. The minimum Gasteiger partial charge on any atom is -0.469 e. The van der Waals surface area contributed by atoms with Crippen LogP contribution < -0.4 is 10.9 Å². The first-order valence-corrected chi connectivity index (χ1v) is 14.4. The van der Waals surface area contributed by atoms with E-state index in [4.69, 9.17) is 9.15 Å². The summed E-state index contributed by atoms with van der Waals surface area (Å²) in [5, 5.41) is 2.74. The molecule has 0 spiro atoms. The van der Waals surface area contributed by atoms with Crippen molar-refractivity contribution in [1.29, 1.82) is 0 Å². The van der Waals surface area contributed by atoms with E-state index in [1.54, 1.807) is 18.2 Å². The second kappa shape index (κ2) is 13.1. The number of hydrogen-bond acceptors (Lipinski definition) is 5. The quantitative estimate of drug-likeness (QED) is 0.0644. The fraction of sp³-hybridized carbons (Fsp3) is 0.258. The van der Waals surface area contributed by atoms with Crippen molar-refractivity contribution in [1.82, 2.24) is 0 Å². The van der Waals surface area contributed by atoms with Gasteiger partial charge >= 0.3 is 17.8 Å². The molecule has 0 unspecified atom stereocenters. The van der Waals surface area contributed by atoms with Gasteiger partial charge in [-0.2, -0.15) is 13.2 Å². The van der Waals surface area contributed by atoms with E-state index in [-0.39, 0.29) is 18.0 Å². The first-order chi connectivity index (χ1) is 19.9. The normalized spacial score (nSPS) is 11.5. The molecular weight excluding hydrogens is 669 g/mol. The van der Waals surface area contributed by atoms with Crippen molar-refractivity contribution in [2.45, 2.75) is 43.2 Å². The van der Waals surface area contributed by atoms with E-state index in [9.17, 15) is 31.9 Å². The molecule has 4 aromatic rings. The van der Waals surface area contributed by atoms with E-state index in [0.717, 1.165) is 28.8 Å². The summed E-state index contributed by atoms with van der Waals surface area (Å²) in [7, 11) is 1.32. The maximum absolute atomic E-state index is 13.6. The van der Waals surface area contributed by atoms with E-state index in [0.29, 0.717) is 45.4 Å². The Bertz CT molecular complexity index is 1710. The van der Waals surface area contributed by atoms with E-state index in [2.05, 4.69) is 27.9 Å². The van der Waals surface area contributed by atoms with Crippen LogP contribution in [-0.4, -0.2) is 19.0 Å². The number of alkyl halides is 4. The fourth-order valence-corrected chi connectivity index (χ4v) is 5.53. The van der Waals surface area contributed by atoms with Gasteiger partial charge in [-0.05, 0) is 72.4 Å². The number of hydrogen-bond donors (Lipinski definition) is 1. The molecule has 0 atom stereocenters. The highest BCUT2D eigenvalue weighted by Gasteiger charge is 2.34. The van der Waals surface area contributed by atoms with Crippen molar-refractivity contribution in [2.24, 2.45) is 0 Å². The van der Waals surface area contributed by atoms with Crippen molar-refractivity contribution < 1.29 is 36.3 Å². The minimum atomic E-state index is -4.92. The third-order valence-electron chi connectivity index (χ3n) is 6.79. The molecule has 3 aromatic carbocycles. The summed E-state index contributed by atoms with van der Waals surface area (Å²) in [5.41, 5.74) is 1.27. The molecule has 42 heavy (non-hydrogen) atoms. The highest BCUT2D eigenvalue weighted by Crippen LogP contribution is 2.36. The number of carbonyl (C=O) groups excluding carboxylic acids is 2. The van der Waals surface area contributed by atoms with Gasteiger partial charge in [0, 0.05) is 21.8 Å². The van der Waals surface area contributed by atoms with E-state index in [1.165, 1.54) is 7.11 Å². The average Bonchev–Trinajstić information content (AvgIpc) is 2.94. The smallest absolute Gasteiger partial charge is 0.418 e. The second-order valence-electron chi connectivity index (χ2n) is 9.69. The molecule has 1 heterocycles. The van der Waals surface area contributed by atoms with Gasteiger partial charge in [0.2, 0.25) is 5.91 Å². The highest BCUT2D eigenvalue weighted by molar-refractivity contribution is 14.1. The number of methoxy groups -OCH3 is 1. The van der Waals surface area contributed by atoms with Crippen LogP contribution in [0.4, 0.5) is 23.2 Å². The Morgan fingerprint density at radius 3 is 2.52 bits per heavy atom. The van der Waals surface area contributed by atoms with Gasteiger partial charge in [-0.1, -0.05) is 46.9 Å². The Morgan fingerprint density at radius 1 is 1.07 bits per heavy atom. The Labute approximate surface area is 252 Å². The third-order valence-corrected chi connectivity index (χ3v) is 7.61. The van der Waals surface area contributed by atoms with Crippen LogP contribution in [0.25, 0.3) is 22.1 Å². The zero-order valence-corrected chi connectivity index (χ0v) is 24.8. The molecule has 0 radical (unpaired) electrons. The van der Waals surface area contributed by atoms with Gasteiger partial charge in [0.05, 0.1) is 30.3 Å². The van der Waals surface area contributed by atoms with Crippen LogP contribution in [-0.2, 0) is 37.8 Å². The number of anilines is 1. The number of benzene rings is 3. The Morgan fingerprint density at radius 2 is 1.83 bits per heavy atom. The van der Waals surface area contributed by atoms with E-state index in [1.807, 2.05) is 25.1 Å². The largest absolute Gasteiger partial charge is 0.469 e. The minimum absolute atomic E-state index is 0.0380. The topological polar surface area (TPSA) is 85.6 Å². The van der Waals surface area contributed by atoms with Crippen molar-refractivity contribution in [3.63, 3.8) is 0 Å². The molecule has 4 rings (SSSR count). The summed E-state index contributed by atoms with van der Waals surface area (Å²) in [6, 6.07) is 12.8. The molecule has 11 heteroatoms. The molecule has 0 bridgehead atoms. The summed E-state index contributed by atoms with van der Waals surface area (Å²) in [5.74, 6) is -2.34. The molecule has 1 N–H and O–H groups in total. The number of aryl methyl sites for hydroxylation is 2. The lowest BCUT2D eigenvalue weighted by molar-refractivity contribution is -0.140. The molecule has 0 aliphatic carbocycles. The molecule has 0 aliphatic rings. The lowest BCUT2D eigenvalue weighted by Gasteiger charge is -2.16. The summed E-state index contributed by atoms with van der Waals surface area (Å²) >= 11 is 2.20. The SMILES string of the molecule is COC(=O)CCCc1cccc(-c2c(CC(=O)Nc3ccc(F)cc3C(F)(F)F)c(=O)oc3cc(CI)c(C)cc23)c1. The van der Waals surface area contributed by atoms with Gasteiger partial charge in [-0.25, -0.2) is 9.18 Å². The second-order valence-corrected chi connectivity index (χ2v) is 10.5. The zero-order valence-electron chi connectivity index (χ0n) is 22.7. The number of amides is 1. The van der Waals surface area contributed by atoms with Crippen molar-refractivity contribution in [3.8, 4) is 11.1 Å². The van der Waals surface area contributed by atoms with Crippen molar-refractivity contribution in [2.75, 3.05) is 12.4 Å². The lowest BCUT2D eigenvalue weighted by Crippen LogP contribution is -2.22. The van der Waals surface area contributed by atoms with Gasteiger partial charge in [0.25, 0.3) is 0 Å². The average molecular weight is 695 g/mol. The standard InChI is InChI=1S/C31H26F4INO5/c1-17-11-22-26(13-20(17)16-36)42-30(40)23(15-27(38)37-25-10-9-21(32)14-24(25)31(33,34)35)29(22)19-7-3-5-18(12-19)6-4-8-28(39)41-2/h3,5,7,9-14H,4,6,8,15-16H2,1-2H3,(H,37,38). The van der Waals surface area contributed by atoms with Gasteiger partial charge in [-0.15, -0.1) is 0 Å². The van der Waals surface area contributed by atoms with E-state index < -0.39 is 41.2 Å². The number of nitrogens with one attached hydrogen (secondary N) is 1. The number of carbonyl (C=O) groups is 2. The van der Waals surface area contributed by atoms with Gasteiger partial charge in [-0.3, -0.25) is 9.59 Å². The van der Waals surface area contributed by atoms with Crippen LogP contribution in [0.5, 0.6) is 0 Å². The summed E-state index contributed by atoms with van der Waals surface area (Å²) in [6.07, 6.45) is -4.21. The number of ether oxygens (including phenoxy) is 1. The lowest BCUT2D eigenvalue weighted by atomic mass is 9.92. The molecule has 0 saturated heterocycles. The van der Waals surface area contributed by atoms with Gasteiger partial charge in [0.1, 0.15) is 11.4 Å². The number of halogens is 5. The van der Waals surface area contributed by atoms with Crippen LogP contribution in [0.15, 0.2) is 63.8 Å². The Hall–Kier alpha value is -3.74. The summed E-state index contributed by atoms with van der Waals surface area (Å²) in [6.45, 7) is 1.91. The first kappa shape index (κ1) is 31.2. The van der Waals surface area contributed by atoms with Crippen LogP contribution in [0.3, 0.4) is 0 Å². The third kappa shape index (κ3) is 7.18. The Balaban J connectivity index is 1.80. The summed E-state index contributed by atoms with van der Waals surface area (Å²) in [4.78, 5) is 37.9.